The molecule has 1 aromatic carbocycles. The summed E-state index contributed by atoms with van der Waals surface area (Å²) in [5, 5.41) is 3.31. The maximum atomic E-state index is 13.3. The standard InChI is InChI=1S/C17H24BrFN4O/c1-3-20-17(23-10-8-22(9-11-23)13(2)24)21-7-6-14-4-5-16(19)15(18)12-14/h4-5,12H,3,6-11H2,1-2H3,(H,20,21). The Morgan fingerprint density at radius 3 is 2.54 bits per heavy atom. The Hall–Kier alpha value is -1.63. The van der Waals surface area contributed by atoms with Crippen LogP contribution >= 0.6 is 15.9 Å². The molecule has 1 saturated heterocycles. The maximum absolute atomic E-state index is 13.3. The second-order valence-electron chi connectivity index (χ2n) is 5.73. The number of hydrogen-bond donors (Lipinski definition) is 1. The highest BCUT2D eigenvalue weighted by Crippen LogP contribution is 2.17. The van der Waals surface area contributed by atoms with Crippen molar-refractivity contribution in [3.05, 3.63) is 34.1 Å². The molecule has 0 unspecified atom stereocenters. The topological polar surface area (TPSA) is 47.9 Å². The van der Waals surface area contributed by atoms with Gasteiger partial charge in [0.25, 0.3) is 0 Å². The van der Waals surface area contributed by atoms with Gasteiger partial charge in [0, 0.05) is 46.2 Å². The van der Waals surface area contributed by atoms with Gasteiger partial charge in [-0.15, -0.1) is 0 Å². The number of piperazine rings is 1. The van der Waals surface area contributed by atoms with Gasteiger partial charge in [-0.3, -0.25) is 9.79 Å². The average Bonchev–Trinajstić information content (AvgIpc) is 2.57. The summed E-state index contributed by atoms with van der Waals surface area (Å²) in [5.74, 6) is 0.749. The highest BCUT2D eigenvalue weighted by Gasteiger charge is 2.20. The van der Waals surface area contributed by atoms with Crippen molar-refractivity contribution in [2.45, 2.75) is 20.3 Å². The van der Waals surface area contributed by atoms with Crippen molar-refractivity contribution in [3.63, 3.8) is 0 Å². The molecule has 0 aromatic heterocycles. The zero-order valence-corrected chi connectivity index (χ0v) is 15.8. The van der Waals surface area contributed by atoms with Crippen LogP contribution in [0.3, 0.4) is 0 Å². The smallest absolute Gasteiger partial charge is 0.219 e. The minimum absolute atomic E-state index is 0.124. The number of halogens is 2. The Morgan fingerprint density at radius 1 is 1.29 bits per heavy atom. The second-order valence-corrected chi connectivity index (χ2v) is 6.58. The number of nitrogens with zero attached hydrogens (tertiary/aromatic N) is 3. The third-order valence-corrected chi connectivity index (χ3v) is 4.61. The van der Waals surface area contributed by atoms with Crippen molar-refractivity contribution in [3.8, 4) is 0 Å². The first-order valence-electron chi connectivity index (χ1n) is 8.24. The normalized spacial score (nSPS) is 15.6. The van der Waals surface area contributed by atoms with E-state index in [1.54, 1.807) is 19.1 Å². The van der Waals surface area contributed by atoms with Crippen LogP contribution in [0.1, 0.15) is 19.4 Å². The summed E-state index contributed by atoms with van der Waals surface area (Å²) in [6.45, 7) is 8.10. The van der Waals surface area contributed by atoms with Crippen LogP contribution in [0.15, 0.2) is 27.7 Å². The maximum Gasteiger partial charge on any atom is 0.219 e. The van der Waals surface area contributed by atoms with Crippen LogP contribution in [0.4, 0.5) is 4.39 Å². The highest BCUT2D eigenvalue weighted by atomic mass is 79.9. The van der Waals surface area contributed by atoms with Gasteiger partial charge in [-0.1, -0.05) is 6.07 Å². The molecule has 1 fully saturated rings. The molecular weight excluding hydrogens is 375 g/mol. The molecule has 5 nitrogen and oxygen atoms in total. The fourth-order valence-electron chi connectivity index (χ4n) is 2.65. The minimum atomic E-state index is -0.251. The lowest BCUT2D eigenvalue weighted by Crippen LogP contribution is -2.53. The predicted molar refractivity (Wildman–Crippen MR) is 97.6 cm³/mol. The molecule has 1 amide bonds. The van der Waals surface area contributed by atoms with E-state index in [4.69, 9.17) is 0 Å². The zero-order valence-electron chi connectivity index (χ0n) is 14.2. The zero-order chi connectivity index (χ0) is 17.5. The molecular formula is C17H24BrFN4O. The molecule has 0 bridgehead atoms. The van der Waals surface area contributed by atoms with Gasteiger partial charge in [-0.25, -0.2) is 4.39 Å². The van der Waals surface area contributed by atoms with Crippen molar-refractivity contribution in [1.29, 1.82) is 0 Å². The van der Waals surface area contributed by atoms with E-state index < -0.39 is 0 Å². The molecule has 1 aromatic rings. The summed E-state index contributed by atoms with van der Waals surface area (Å²) in [6, 6.07) is 5.05. The predicted octanol–water partition coefficient (Wildman–Crippen LogP) is 2.26. The van der Waals surface area contributed by atoms with Gasteiger partial charge in [-0.2, -0.15) is 0 Å². The van der Waals surface area contributed by atoms with E-state index >= 15 is 0 Å². The average molecular weight is 399 g/mol. The fraction of sp³-hybridized carbons (Fsp3) is 0.529. The van der Waals surface area contributed by atoms with Gasteiger partial charge < -0.3 is 15.1 Å². The second kappa shape index (κ2) is 9.01. The van der Waals surface area contributed by atoms with Crippen LogP contribution in [-0.2, 0) is 11.2 Å². The lowest BCUT2D eigenvalue weighted by atomic mass is 10.1. The lowest BCUT2D eigenvalue weighted by Gasteiger charge is -2.36. The fourth-order valence-corrected chi connectivity index (χ4v) is 3.07. The van der Waals surface area contributed by atoms with Crippen LogP contribution in [-0.4, -0.2) is 60.9 Å². The van der Waals surface area contributed by atoms with Crippen LogP contribution in [0.25, 0.3) is 0 Å². The van der Waals surface area contributed by atoms with E-state index in [1.165, 1.54) is 6.07 Å². The summed E-state index contributed by atoms with van der Waals surface area (Å²) in [6.07, 6.45) is 0.751. The van der Waals surface area contributed by atoms with Gasteiger partial charge in [0.2, 0.25) is 5.91 Å². The number of guanidine groups is 1. The number of carbonyl (C=O) groups is 1. The van der Waals surface area contributed by atoms with Gasteiger partial charge >= 0.3 is 0 Å². The number of carbonyl (C=O) groups excluding carboxylic acids is 1. The first-order valence-corrected chi connectivity index (χ1v) is 9.03. The Morgan fingerprint density at radius 2 is 1.96 bits per heavy atom. The van der Waals surface area contributed by atoms with E-state index in [0.29, 0.717) is 11.0 Å². The Balaban J connectivity index is 1.93. The van der Waals surface area contributed by atoms with Crippen molar-refractivity contribution in [2.75, 3.05) is 39.3 Å². The Bertz CT molecular complexity index is 600. The molecule has 0 radical (unpaired) electrons. The third-order valence-electron chi connectivity index (χ3n) is 4.01. The molecule has 0 saturated carbocycles. The number of amides is 1. The van der Waals surface area contributed by atoms with Crippen molar-refractivity contribution in [2.24, 2.45) is 4.99 Å². The molecule has 1 heterocycles. The molecule has 7 heteroatoms. The third kappa shape index (κ3) is 5.19. The largest absolute Gasteiger partial charge is 0.357 e. The minimum Gasteiger partial charge on any atom is -0.357 e. The van der Waals surface area contributed by atoms with Crippen LogP contribution in [0.2, 0.25) is 0 Å². The van der Waals surface area contributed by atoms with E-state index in [2.05, 4.69) is 31.1 Å². The quantitative estimate of drug-likeness (QED) is 0.624. The van der Waals surface area contributed by atoms with Crippen LogP contribution < -0.4 is 5.32 Å². The molecule has 1 aliphatic rings. The van der Waals surface area contributed by atoms with Crippen LogP contribution in [0.5, 0.6) is 0 Å². The van der Waals surface area contributed by atoms with E-state index in [1.807, 2.05) is 11.8 Å². The van der Waals surface area contributed by atoms with Crippen LogP contribution in [0, 0.1) is 5.82 Å². The number of benzene rings is 1. The first kappa shape index (κ1) is 18.7. The molecule has 0 aliphatic carbocycles. The Labute approximate surface area is 151 Å². The van der Waals surface area contributed by atoms with Crippen molar-refractivity contribution in [1.82, 2.24) is 15.1 Å². The molecule has 0 spiro atoms. The van der Waals surface area contributed by atoms with E-state index in [-0.39, 0.29) is 11.7 Å². The summed E-state index contributed by atoms with van der Waals surface area (Å²) in [4.78, 5) is 20.1. The SMILES string of the molecule is CCNC(=NCCc1ccc(F)c(Br)c1)N1CCN(C(C)=O)CC1. The van der Waals surface area contributed by atoms with Gasteiger partial charge in [0.1, 0.15) is 5.82 Å². The highest BCUT2D eigenvalue weighted by molar-refractivity contribution is 9.10. The number of aliphatic imine (C=N–C) groups is 1. The Kier molecular flexibility index (Phi) is 7.02. The molecule has 1 aliphatic heterocycles. The van der Waals surface area contributed by atoms with Gasteiger partial charge in [-0.05, 0) is 47.0 Å². The van der Waals surface area contributed by atoms with Crippen molar-refractivity contribution >= 4 is 27.8 Å². The summed E-state index contributed by atoms with van der Waals surface area (Å²) in [7, 11) is 0. The van der Waals surface area contributed by atoms with E-state index in [9.17, 15) is 9.18 Å². The summed E-state index contributed by atoms with van der Waals surface area (Å²) < 4.78 is 13.7. The molecule has 132 valence electrons. The van der Waals surface area contributed by atoms with Crippen molar-refractivity contribution < 1.29 is 9.18 Å². The molecule has 1 N–H and O–H groups in total. The number of rotatable bonds is 4. The summed E-state index contributed by atoms with van der Waals surface area (Å²) in [5.41, 5.74) is 1.05. The van der Waals surface area contributed by atoms with E-state index in [0.717, 1.165) is 50.7 Å². The monoisotopic (exact) mass is 398 g/mol. The number of nitrogens with one attached hydrogen (secondary N) is 1. The molecule has 2 rings (SSSR count). The van der Waals surface area contributed by atoms with Gasteiger partial charge in [0.05, 0.1) is 4.47 Å². The lowest BCUT2D eigenvalue weighted by molar-refractivity contribution is -0.130. The molecule has 24 heavy (non-hydrogen) atoms. The first-order chi connectivity index (χ1) is 11.5. The molecule has 0 atom stereocenters. The number of hydrogen-bond acceptors (Lipinski definition) is 2. The van der Waals surface area contributed by atoms with Gasteiger partial charge in [0.15, 0.2) is 5.96 Å². The summed E-state index contributed by atoms with van der Waals surface area (Å²) >= 11 is 3.21.